The summed E-state index contributed by atoms with van der Waals surface area (Å²) in [5.41, 5.74) is 6.98. The number of piperidine rings is 1. The summed E-state index contributed by atoms with van der Waals surface area (Å²) < 4.78 is 6.27. The van der Waals surface area contributed by atoms with E-state index in [0.29, 0.717) is 17.4 Å². The second kappa shape index (κ2) is 6.16. The van der Waals surface area contributed by atoms with Crippen molar-refractivity contribution >= 4 is 5.91 Å². The number of fused-ring (bicyclic) bond motifs is 2. The first-order valence-electron chi connectivity index (χ1n) is 9.34. The molecule has 1 aromatic carbocycles. The second-order valence-electron chi connectivity index (χ2n) is 7.81. The van der Waals surface area contributed by atoms with E-state index in [2.05, 4.69) is 11.0 Å². The zero-order chi connectivity index (χ0) is 16.7. The highest BCUT2D eigenvalue weighted by atomic mass is 16.5. The van der Waals surface area contributed by atoms with Crippen LogP contribution in [0.1, 0.15) is 54.4 Å². The van der Waals surface area contributed by atoms with E-state index in [1.165, 1.54) is 38.5 Å². The molecule has 1 heterocycles. The van der Waals surface area contributed by atoms with Gasteiger partial charge in [0.25, 0.3) is 0 Å². The predicted octanol–water partition coefficient (Wildman–Crippen LogP) is 2.91. The number of carbonyl (C=O) groups excluding carboxylic acids is 1. The highest BCUT2D eigenvalue weighted by Crippen LogP contribution is 2.52. The number of carbonyl (C=O) groups is 1. The van der Waals surface area contributed by atoms with E-state index in [9.17, 15) is 4.79 Å². The van der Waals surface area contributed by atoms with Gasteiger partial charge < -0.3 is 10.5 Å². The number of rotatable bonds is 4. The van der Waals surface area contributed by atoms with Gasteiger partial charge in [-0.25, -0.2) is 0 Å². The highest BCUT2D eigenvalue weighted by molar-refractivity contribution is 5.92. The summed E-state index contributed by atoms with van der Waals surface area (Å²) in [6.07, 6.45) is 7.79. The smallest absolute Gasteiger partial charge is 0.248 e. The van der Waals surface area contributed by atoms with Crippen molar-refractivity contribution in [2.24, 2.45) is 17.6 Å². The molecule has 2 saturated carbocycles. The van der Waals surface area contributed by atoms with Gasteiger partial charge in [-0.05, 0) is 43.4 Å². The number of primary amides is 1. The normalized spacial score (nSPS) is 33.9. The van der Waals surface area contributed by atoms with Crippen molar-refractivity contribution < 1.29 is 9.53 Å². The fourth-order valence-electron chi connectivity index (χ4n) is 5.36. The monoisotopic (exact) mass is 328 g/mol. The maximum atomic E-state index is 11.6. The average Bonchev–Trinajstić information content (AvgIpc) is 2.52. The Balaban J connectivity index is 1.70. The molecule has 0 spiro atoms. The Morgan fingerprint density at radius 1 is 1.17 bits per heavy atom. The highest BCUT2D eigenvalue weighted by Gasteiger charge is 2.54. The van der Waals surface area contributed by atoms with Crippen LogP contribution in [0.15, 0.2) is 24.3 Å². The molecule has 24 heavy (non-hydrogen) atoms. The van der Waals surface area contributed by atoms with Gasteiger partial charge in [0.15, 0.2) is 0 Å². The minimum absolute atomic E-state index is 0.260. The third-order valence-electron chi connectivity index (χ3n) is 6.76. The van der Waals surface area contributed by atoms with Gasteiger partial charge in [0.2, 0.25) is 5.91 Å². The predicted molar refractivity (Wildman–Crippen MR) is 93.7 cm³/mol. The number of ether oxygens (including phenoxy) is 1. The molecule has 1 aliphatic heterocycles. The van der Waals surface area contributed by atoms with E-state index in [0.717, 1.165) is 24.7 Å². The molecule has 0 radical (unpaired) electrons. The average molecular weight is 328 g/mol. The Kier molecular flexibility index (Phi) is 4.13. The number of hydrogen-bond acceptors (Lipinski definition) is 3. The third kappa shape index (κ3) is 2.39. The largest absolute Gasteiger partial charge is 0.373 e. The van der Waals surface area contributed by atoms with Gasteiger partial charge in [-0.2, -0.15) is 0 Å². The van der Waals surface area contributed by atoms with Crippen molar-refractivity contribution in [2.75, 3.05) is 20.2 Å². The van der Waals surface area contributed by atoms with E-state index >= 15 is 0 Å². The van der Waals surface area contributed by atoms with Crippen molar-refractivity contribution in [1.29, 1.82) is 0 Å². The molecule has 2 N–H and O–H groups in total. The number of methoxy groups -OCH3 is 1. The van der Waals surface area contributed by atoms with E-state index in [1.807, 2.05) is 19.2 Å². The van der Waals surface area contributed by atoms with Crippen LogP contribution in [-0.4, -0.2) is 37.0 Å². The Morgan fingerprint density at radius 2 is 1.83 bits per heavy atom. The quantitative estimate of drug-likeness (QED) is 0.924. The molecule has 4 heteroatoms. The Labute approximate surface area is 144 Å². The molecule has 3 atom stereocenters. The minimum atomic E-state index is -0.361. The van der Waals surface area contributed by atoms with Gasteiger partial charge in [-0.3, -0.25) is 9.69 Å². The lowest BCUT2D eigenvalue weighted by molar-refractivity contribution is -0.177. The van der Waals surface area contributed by atoms with Crippen molar-refractivity contribution in [3.63, 3.8) is 0 Å². The Morgan fingerprint density at radius 3 is 2.38 bits per heavy atom. The molecule has 4 nitrogen and oxygen atoms in total. The molecule has 1 amide bonds. The maximum absolute atomic E-state index is 11.6. The van der Waals surface area contributed by atoms with E-state index in [4.69, 9.17) is 10.5 Å². The van der Waals surface area contributed by atoms with Crippen LogP contribution in [0.2, 0.25) is 0 Å². The first kappa shape index (κ1) is 16.1. The fourth-order valence-corrected chi connectivity index (χ4v) is 5.36. The number of benzene rings is 1. The van der Waals surface area contributed by atoms with Crippen LogP contribution in [0.25, 0.3) is 0 Å². The summed E-state index contributed by atoms with van der Waals surface area (Å²) in [6.45, 7) is 2.24. The van der Waals surface area contributed by atoms with Crippen molar-refractivity contribution in [1.82, 2.24) is 4.90 Å². The van der Waals surface area contributed by atoms with Crippen LogP contribution in [-0.2, 0) is 10.3 Å². The van der Waals surface area contributed by atoms with Crippen LogP contribution in [0, 0.1) is 11.8 Å². The molecule has 0 unspecified atom stereocenters. The lowest BCUT2D eigenvalue weighted by Gasteiger charge is -2.57. The minimum Gasteiger partial charge on any atom is -0.373 e. The van der Waals surface area contributed by atoms with Crippen molar-refractivity contribution in [3.05, 3.63) is 35.4 Å². The number of hydrogen-bond donors (Lipinski definition) is 1. The zero-order valence-corrected chi connectivity index (χ0v) is 14.5. The molecule has 130 valence electrons. The zero-order valence-electron chi connectivity index (χ0n) is 14.5. The molecular weight excluding hydrogens is 300 g/mol. The molecular formula is C20H28N2O2. The van der Waals surface area contributed by atoms with Gasteiger partial charge in [0.05, 0.1) is 0 Å². The summed E-state index contributed by atoms with van der Waals surface area (Å²) in [4.78, 5) is 14.4. The maximum Gasteiger partial charge on any atom is 0.248 e. The van der Waals surface area contributed by atoms with Gasteiger partial charge in [0, 0.05) is 43.6 Å². The molecule has 3 fully saturated rings. The first-order valence-corrected chi connectivity index (χ1v) is 9.34. The third-order valence-corrected chi connectivity index (χ3v) is 6.76. The fraction of sp³-hybridized carbons (Fsp3) is 0.650. The van der Waals surface area contributed by atoms with Crippen LogP contribution >= 0.6 is 0 Å². The molecule has 1 saturated heterocycles. The first-order chi connectivity index (χ1) is 11.6. The Hall–Kier alpha value is -1.39. The van der Waals surface area contributed by atoms with Crippen LogP contribution < -0.4 is 5.73 Å². The van der Waals surface area contributed by atoms with Crippen LogP contribution in [0.3, 0.4) is 0 Å². The van der Waals surface area contributed by atoms with E-state index < -0.39 is 0 Å². The number of amides is 1. The topological polar surface area (TPSA) is 55.6 Å². The van der Waals surface area contributed by atoms with Gasteiger partial charge in [-0.15, -0.1) is 0 Å². The Bertz CT molecular complexity index is 612. The SMILES string of the molecule is CO[C@@]1(c2cccc(C(N)=O)c2)[C@@H]2CCC[C@H]1CN(C1CCC1)C2. The van der Waals surface area contributed by atoms with Crippen molar-refractivity contribution in [2.45, 2.75) is 50.2 Å². The van der Waals surface area contributed by atoms with Crippen molar-refractivity contribution in [3.8, 4) is 0 Å². The number of nitrogens with two attached hydrogens (primary N) is 1. The van der Waals surface area contributed by atoms with Gasteiger partial charge >= 0.3 is 0 Å². The molecule has 1 aromatic rings. The lowest BCUT2D eigenvalue weighted by atomic mass is 9.61. The number of nitrogens with zero attached hydrogens (tertiary/aromatic N) is 1. The summed E-state index contributed by atoms with van der Waals surface area (Å²) >= 11 is 0. The number of likely N-dealkylation sites (tertiary alicyclic amines) is 1. The van der Waals surface area contributed by atoms with Crippen LogP contribution in [0.4, 0.5) is 0 Å². The second-order valence-corrected chi connectivity index (χ2v) is 7.81. The molecule has 0 aromatic heterocycles. The molecule has 3 aliphatic rings. The van der Waals surface area contributed by atoms with Gasteiger partial charge in [-0.1, -0.05) is 25.0 Å². The lowest BCUT2D eigenvalue weighted by Crippen LogP contribution is -2.61. The summed E-state index contributed by atoms with van der Waals surface area (Å²) in [7, 11) is 1.85. The molecule has 2 bridgehead atoms. The summed E-state index contributed by atoms with van der Waals surface area (Å²) in [5, 5.41) is 0. The summed E-state index contributed by atoms with van der Waals surface area (Å²) in [6, 6.07) is 8.63. The molecule has 2 aliphatic carbocycles. The summed E-state index contributed by atoms with van der Waals surface area (Å²) in [5.74, 6) is 0.637. The van der Waals surface area contributed by atoms with E-state index in [1.54, 1.807) is 6.07 Å². The standard InChI is InChI=1S/C20H28N2O2/c1-24-20(15-6-2-5-14(11-15)19(21)23)16-7-3-8-17(20)13-22(12-16)18-9-4-10-18/h2,5-6,11,16-18H,3-4,7-10,12-13H2,1H3,(H2,21,23)/t16-,17+,20+. The molecule has 4 rings (SSSR count). The van der Waals surface area contributed by atoms with Crippen LogP contribution in [0.5, 0.6) is 0 Å². The van der Waals surface area contributed by atoms with Gasteiger partial charge in [0.1, 0.15) is 5.60 Å². The van der Waals surface area contributed by atoms with E-state index in [-0.39, 0.29) is 11.5 Å².